The summed E-state index contributed by atoms with van der Waals surface area (Å²) in [7, 11) is 1.61. The van der Waals surface area contributed by atoms with Gasteiger partial charge in [-0.2, -0.15) is 0 Å². The quantitative estimate of drug-likeness (QED) is 0.740. The number of carbonyl (C=O) groups is 2. The fourth-order valence-electron chi connectivity index (χ4n) is 4.48. The Kier molecular flexibility index (Phi) is 5.74. The number of aryl methyl sites for hydroxylation is 1. The van der Waals surface area contributed by atoms with Gasteiger partial charge >= 0.3 is 0 Å². The van der Waals surface area contributed by atoms with Crippen LogP contribution in [-0.4, -0.2) is 54.9 Å². The lowest BCUT2D eigenvalue weighted by Crippen LogP contribution is -2.57. The van der Waals surface area contributed by atoms with Crippen molar-refractivity contribution in [2.45, 2.75) is 31.6 Å². The molecule has 2 aromatic carbocycles. The topological polar surface area (TPSA) is 49.9 Å². The third kappa shape index (κ3) is 3.67. The lowest BCUT2D eigenvalue weighted by atomic mass is 9.63. The second-order valence-electron chi connectivity index (χ2n) is 8.21. The maximum absolute atomic E-state index is 13.4. The van der Waals surface area contributed by atoms with Gasteiger partial charge in [0.2, 0.25) is 5.91 Å². The van der Waals surface area contributed by atoms with Crippen molar-refractivity contribution in [2.75, 3.05) is 33.3 Å². The summed E-state index contributed by atoms with van der Waals surface area (Å²) in [5, 5.41) is 0.681. The van der Waals surface area contributed by atoms with E-state index in [-0.39, 0.29) is 11.8 Å². The van der Waals surface area contributed by atoms with Crippen molar-refractivity contribution in [1.29, 1.82) is 0 Å². The monoisotopic (exact) mass is 426 g/mol. The molecule has 158 valence electrons. The van der Waals surface area contributed by atoms with Crippen LogP contribution in [-0.2, 0) is 10.2 Å². The summed E-state index contributed by atoms with van der Waals surface area (Å²) in [6.07, 6.45) is 2.80. The summed E-state index contributed by atoms with van der Waals surface area (Å²) in [6, 6.07) is 13.2. The lowest BCUT2D eigenvalue weighted by molar-refractivity contribution is -0.142. The first-order valence-corrected chi connectivity index (χ1v) is 10.8. The van der Waals surface area contributed by atoms with Gasteiger partial charge in [-0.1, -0.05) is 36.2 Å². The van der Waals surface area contributed by atoms with Gasteiger partial charge in [0.15, 0.2) is 0 Å². The molecule has 30 heavy (non-hydrogen) atoms. The Bertz CT molecular complexity index is 945. The van der Waals surface area contributed by atoms with Crippen LogP contribution >= 0.6 is 11.6 Å². The number of carbonyl (C=O) groups excluding carboxylic acids is 2. The largest absolute Gasteiger partial charge is 0.496 e. The number of hydrogen-bond acceptors (Lipinski definition) is 3. The molecule has 1 aliphatic carbocycles. The first-order valence-electron chi connectivity index (χ1n) is 10.4. The predicted molar refractivity (Wildman–Crippen MR) is 117 cm³/mol. The van der Waals surface area contributed by atoms with Crippen molar-refractivity contribution in [1.82, 2.24) is 9.80 Å². The molecule has 2 aromatic rings. The summed E-state index contributed by atoms with van der Waals surface area (Å²) in [4.78, 5) is 30.1. The van der Waals surface area contributed by atoms with Crippen LogP contribution in [0, 0.1) is 6.92 Å². The minimum absolute atomic E-state index is 0.0172. The Morgan fingerprint density at radius 3 is 2.17 bits per heavy atom. The van der Waals surface area contributed by atoms with Gasteiger partial charge in [-0.15, -0.1) is 0 Å². The molecule has 1 saturated heterocycles. The Morgan fingerprint density at radius 2 is 1.60 bits per heavy atom. The molecule has 5 nitrogen and oxygen atoms in total. The van der Waals surface area contributed by atoms with Gasteiger partial charge in [-0.3, -0.25) is 9.59 Å². The van der Waals surface area contributed by atoms with E-state index >= 15 is 0 Å². The van der Waals surface area contributed by atoms with Gasteiger partial charge in [-0.05, 0) is 55.2 Å². The maximum atomic E-state index is 13.4. The molecule has 6 heteroatoms. The predicted octanol–water partition coefficient (Wildman–Crippen LogP) is 4.06. The highest BCUT2D eigenvalue weighted by atomic mass is 35.5. The van der Waals surface area contributed by atoms with E-state index in [1.54, 1.807) is 13.2 Å². The average Bonchev–Trinajstić information content (AvgIpc) is 2.74. The molecule has 0 unspecified atom stereocenters. The first kappa shape index (κ1) is 20.7. The SMILES string of the molecule is COc1cc(C(=O)N2CCN(C(=O)C3(c4ccc(Cl)cc4)CCC3)CC2)ccc1C. The number of rotatable bonds is 4. The zero-order chi connectivity index (χ0) is 21.3. The molecule has 0 N–H and O–H groups in total. The molecule has 0 aromatic heterocycles. The molecule has 0 spiro atoms. The number of benzene rings is 2. The van der Waals surface area contributed by atoms with Crippen LogP contribution in [0.1, 0.15) is 40.7 Å². The van der Waals surface area contributed by atoms with Crippen LogP contribution in [0.5, 0.6) is 5.75 Å². The molecule has 2 fully saturated rings. The van der Waals surface area contributed by atoms with Crippen molar-refractivity contribution in [3.8, 4) is 5.75 Å². The lowest BCUT2D eigenvalue weighted by Gasteiger charge is -2.46. The zero-order valence-electron chi connectivity index (χ0n) is 17.5. The molecule has 2 amide bonds. The van der Waals surface area contributed by atoms with E-state index in [4.69, 9.17) is 16.3 Å². The van der Waals surface area contributed by atoms with E-state index in [2.05, 4.69) is 0 Å². The third-order valence-electron chi connectivity index (χ3n) is 6.52. The number of piperazine rings is 1. The fourth-order valence-corrected chi connectivity index (χ4v) is 4.60. The van der Waals surface area contributed by atoms with E-state index in [0.29, 0.717) is 42.5 Å². The normalized spacial score (nSPS) is 18.0. The van der Waals surface area contributed by atoms with Crippen LogP contribution in [0.15, 0.2) is 42.5 Å². The van der Waals surface area contributed by atoms with Crippen molar-refractivity contribution < 1.29 is 14.3 Å². The Hall–Kier alpha value is -2.53. The molecule has 4 rings (SSSR count). The summed E-state index contributed by atoms with van der Waals surface area (Å²) in [5.41, 5.74) is 2.24. The smallest absolute Gasteiger partial charge is 0.254 e. The fraction of sp³-hybridized carbons (Fsp3) is 0.417. The van der Waals surface area contributed by atoms with Gasteiger partial charge in [0.25, 0.3) is 5.91 Å². The number of hydrogen-bond donors (Lipinski definition) is 0. The minimum atomic E-state index is -0.429. The van der Waals surface area contributed by atoms with E-state index in [1.807, 2.05) is 53.1 Å². The highest BCUT2D eigenvalue weighted by molar-refractivity contribution is 6.30. The average molecular weight is 427 g/mol. The standard InChI is InChI=1S/C24H27ClN2O3/c1-17-4-5-18(16-21(17)30-2)22(28)26-12-14-27(15-13-26)23(29)24(10-3-11-24)19-6-8-20(25)9-7-19/h4-9,16H,3,10-15H2,1-2H3. The van der Waals surface area contributed by atoms with Gasteiger partial charge in [-0.25, -0.2) is 0 Å². The van der Waals surface area contributed by atoms with Crippen molar-refractivity contribution in [3.63, 3.8) is 0 Å². The van der Waals surface area contributed by atoms with Crippen molar-refractivity contribution >= 4 is 23.4 Å². The summed E-state index contributed by atoms with van der Waals surface area (Å²) < 4.78 is 5.35. The van der Waals surface area contributed by atoms with Crippen LogP contribution < -0.4 is 4.74 Å². The van der Waals surface area contributed by atoms with E-state index in [9.17, 15) is 9.59 Å². The second kappa shape index (κ2) is 8.31. The molecule has 0 bridgehead atoms. The number of ether oxygens (including phenoxy) is 1. The second-order valence-corrected chi connectivity index (χ2v) is 8.65. The molecule has 2 aliphatic rings. The molecule has 1 saturated carbocycles. The Balaban J connectivity index is 1.43. The summed E-state index contributed by atoms with van der Waals surface area (Å²) >= 11 is 6.03. The Morgan fingerprint density at radius 1 is 0.967 bits per heavy atom. The number of methoxy groups -OCH3 is 1. The highest BCUT2D eigenvalue weighted by Crippen LogP contribution is 2.45. The van der Waals surface area contributed by atoms with Crippen LogP contribution in [0.3, 0.4) is 0 Å². The molecule has 1 heterocycles. The zero-order valence-corrected chi connectivity index (χ0v) is 18.2. The van der Waals surface area contributed by atoms with E-state index in [1.165, 1.54) is 0 Å². The van der Waals surface area contributed by atoms with E-state index < -0.39 is 5.41 Å². The van der Waals surface area contributed by atoms with Crippen molar-refractivity contribution in [2.24, 2.45) is 0 Å². The highest BCUT2D eigenvalue weighted by Gasteiger charge is 2.48. The Labute approximate surface area is 182 Å². The van der Waals surface area contributed by atoms with E-state index in [0.717, 1.165) is 30.4 Å². The molecule has 0 radical (unpaired) electrons. The van der Waals surface area contributed by atoms with Crippen LogP contribution in [0.4, 0.5) is 0 Å². The summed E-state index contributed by atoms with van der Waals surface area (Å²) in [5.74, 6) is 0.876. The number of nitrogens with zero attached hydrogens (tertiary/aromatic N) is 2. The molecular weight excluding hydrogens is 400 g/mol. The minimum Gasteiger partial charge on any atom is -0.496 e. The molecule has 1 aliphatic heterocycles. The first-order chi connectivity index (χ1) is 14.4. The number of amides is 2. The van der Waals surface area contributed by atoms with Crippen LogP contribution in [0.2, 0.25) is 5.02 Å². The molecular formula is C24H27ClN2O3. The third-order valence-corrected chi connectivity index (χ3v) is 6.77. The number of halogens is 1. The van der Waals surface area contributed by atoms with Crippen molar-refractivity contribution in [3.05, 3.63) is 64.2 Å². The van der Waals surface area contributed by atoms with Crippen LogP contribution in [0.25, 0.3) is 0 Å². The van der Waals surface area contributed by atoms with Gasteiger partial charge in [0.05, 0.1) is 12.5 Å². The van der Waals surface area contributed by atoms with Gasteiger partial charge in [0, 0.05) is 36.8 Å². The van der Waals surface area contributed by atoms with Gasteiger partial charge in [0.1, 0.15) is 5.75 Å². The molecule has 0 atom stereocenters. The maximum Gasteiger partial charge on any atom is 0.254 e. The summed E-state index contributed by atoms with van der Waals surface area (Å²) in [6.45, 7) is 4.15. The van der Waals surface area contributed by atoms with Gasteiger partial charge < -0.3 is 14.5 Å².